The summed E-state index contributed by atoms with van der Waals surface area (Å²) in [5, 5.41) is 2.83. The summed E-state index contributed by atoms with van der Waals surface area (Å²) >= 11 is 0. The first-order chi connectivity index (χ1) is 7.04. The van der Waals surface area contributed by atoms with Gasteiger partial charge in [-0.05, 0) is 44.5 Å². The Labute approximate surface area is 89.8 Å². The van der Waals surface area contributed by atoms with Crippen molar-refractivity contribution in [2.75, 3.05) is 5.43 Å². The largest absolute Gasteiger partial charge is 0.350 e. The van der Waals surface area contributed by atoms with E-state index in [-0.39, 0.29) is 11.9 Å². The summed E-state index contributed by atoms with van der Waals surface area (Å²) in [6.45, 7) is 5.77. The quantitative estimate of drug-likeness (QED) is 0.518. The Kier molecular flexibility index (Phi) is 3.68. The number of amides is 1. The van der Waals surface area contributed by atoms with E-state index in [2.05, 4.69) is 10.7 Å². The molecule has 0 radical (unpaired) electrons. The number of benzene rings is 1. The second kappa shape index (κ2) is 4.79. The van der Waals surface area contributed by atoms with Crippen molar-refractivity contribution >= 4 is 11.6 Å². The highest BCUT2D eigenvalue weighted by atomic mass is 16.1. The summed E-state index contributed by atoms with van der Waals surface area (Å²) in [7, 11) is 0. The van der Waals surface area contributed by atoms with E-state index in [1.807, 2.05) is 26.8 Å². The first-order valence-corrected chi connectivity index (χ1v) is 4.92. The van der Waals surface area contributed by atoms with Gasteiger partial charge >= 0.3 is 0 Å². The summed E-state index contributed by atoms with van der Waals surface area (Å²) in [6, 6.07) is 5.50. The maximum Gasteiger partial charge on any atom is 0.251 e. The SMILES string of the molecule is Cc1cc(C(=O)NC(C)C)ccc1NN. The average Bonchev–Trinajstić information content (AvgIpc) is 2.16. The zero-order valence-electron chi connectivity index (χ0n) is 9.29. The third-order valence-electron chi connectivity index (χ3n) is 2.06. The van der Waals surface area contributed by atoms with E-state index < -0.39 is 0 Å². The van der Waals surface area contributed by atoms with Crippen molar-refractivity contribution < 1.29 is 4.79 Å². The Morgan fingerprint density at radius 3 is 2.53 bits per heavy atom. The molecule has 15 heavy (non-hydrogen) atoms. The Balaban J connectivity index is 2.87. The number of nitrogens with one attached hydrogen (secondary N) is 2. The molecule has 1 amide bonds. The van der Waals surface area contributed by atoms with Crippen molar-refractivity contribution in [1.82, 2.24) is 5.32 Å². The number of nitrogens with two attached hydrogens (primary N) is 1. The van der Waals surface area contributed by atoms with Crippen LogP contribution in [0.1, 0.15) is 29.8 Å². The van der Waals surface area contributed by atoms with E-state index in [9.17, 15) is 4.79 Å². The van der Waals surface area contributed by atoms with Crippen molar-refractivity contribution in [3.05, 3.63) is 29.3 Å². The molecule has 1 aromatic carbocycles. The predicted octanol–water partition coefficient (Wildman–Crippen LogP) is 1.42. The summed E-state index contributed by atoms with van der Waals surface area (Å²) in [4.78, 5) is 11.6. The van der Waals surface area contributed by atoms with Gasteiger partial charge in [0.1, 0.15) is 0 Å². The standard InChI is InChI=1S/C11H17N3O/c1-7(2)13-11(15)9-4-5-10(14-12)8(3)6-9/h4-7,14H,12H2,1-3H3,(H,13,15). The smallest absolute Gasteiger partial charge is 0.251 e. The molecular formula is C11H17N3O. The molecule has 0 aliphatic carbocycles. The van der Waals surface area contributed by atoms with E-state index in [0.717, 1.165) is 11.3 Å². The minimum atomic E-state index is -0.0586. The summed E-state index contributed by atoms with van der Waals surface area (Å²) in [6.07, 6.45) is 0. The van der Waals surface area contributed by atoms with Crippen LogP contribution < -0.4 is 16.6 Å². The molecule has 0 aromatic heterocycles. The van der Waals surface area contributed by atoms with Crippen LogP contribution in [0.25, 0.3) is 0 Å². The van der Waals surface area contributed by atoms with Crippen molar-refractivity contribution in [2.45, 2.75) is 26.8 Å². The van der Waals surface area contributed by atoms with Gasteiger partial charge in [0, 0.05) is 11.6 Å². The Morgan fingerprint density at radius 1 is 1.40 bits per heavy atom. The zero-order chi connectivity index (χ0) is 11.4. The number of carbonyl (C=O) groups excluding carboxylic acids is 1. The molecule has 0 aliphatic heterocycles. The molecule has 0 atom stereocenters. The van der Waals surface area contributed by atoms with Gasteiger partial charge < -0.3 is 10.7 Å². The van der Waals surface area contributed by atoms with E-state index in [1.165, 1.54) is 0 Å². The Bertz CT molecular complexity index is 361. The molecule has 4 N–H and O–H groups in total. The number of hydrogen-bond acceptors (Lipinski definition) is 3. The molecule has 1 rings (SSSR count). The van der Waals surface area contributed by atoms with Crippen molar-refractivity contribution in [2.24, 2.45) is 5.84 Å². The molecule has 4 heteroatoms. The Hall–Kier alpha value is -1.55. The van der Waals surface area contributed by atoms with Crippen LogP contribution in [0.3, 0.4) is 0 Å². The van der Waals surface area contributed by atoms with Gasteiger partial charge in [-0.2, -0.15) is 0 Å². The fraction of sp³-hybridized carbons (Fsp3) is 0.364. The number of anilines is 1. The second-order valence-electron chi connectivity index (χ2n) is 3.80. The molecule has 0 aliphatic rings. The van der Waals surface area contributed by atoms with Gasteiger partial charge in [-0.1, -0.05) is 0 Å². The van der Waals surface area contributed by atoms with Crippen LogP contribution in [0.4, 0.5) is 5.69 Å². The van der Waals surface area contributed by atoms with Gasteiger partial charge in [-0.25, -0.2) is 0 Å². The highest BCUT2D eigenvalue weighted by molar-refractivity contribution is 5.95. The van der Waals surface area contributed by atoms with Gasteiger partial charge in [-0.15, -0.1) is 0 Å². The Morgan fingerprint density at radius 2 is 2.07 bits per heavy atom. The highest BCUT2D eigenvalue weighted by Crippen LogP contribution is 2.15. The van der Waals surface area contributed by atoms with E-state index >= 15 is 0 Å². The molecule has 82 valence electrons. The van der Waals surface area contributed by atoms with Crippen LogP contribution in [-0.2, 0) is 0 Å². The number of rotatable bonds is 3. The minimum absolute atomic E-state index is 0.0586. The van der Waals surface area contributed by atoms with E-state index in [1.54, 1.807) is 12.1 Å². The van der Waals surface area contributed by atoms with Crippen LogP contribution >= 0.6 is 0 Å². The van der Waals surface area contributed by atoms with E-state index in [0.29, 0.717) is 5.56 Å². The van der Waals surface area contributed by atoms with Crippen LogP contribution in [-0.4, -0.2) is 11.9 Å². The first-order valence-electron chi connectivity index (χ1n) is 4.92. The lowest BCUT2D eigenvalue weighted by Gasteiger charge is -2.10. The normalized spacial score (nSPS) is 10.2. The van der Waals surface area contributed by atoms with Crippen LogP contribution in [0, 0.1) is 6.92 Å². The molecule has 0 fully saturated rings. The molecular weight excluding hydrogens is 190 g/mol. The zero-order valence-corrected chi connectivity index (χ0v) is 9.29. The lowest BCUT2D eigenvalue weighted by Crippen LogP contribution is -2.30. The molecule has 4 nitrogen and oxygen atoms in total. The maximum absolute atomic E-state index is 11.6. The third-order valence-corrected chi connectivity index (χ3v) is 2.06. The second-order valence-corrected chi connectivity index (χ2v) is 3.80. The number of carbonyl (C=O) groups is 1. The van der Waals surface area contributed by atoms with Crippen LogP contribution in [0.15, 0.2) is 18.2 Å². The lowest BCUT2D eigenvalue weighted by atomic mass is 10.1. The fourth-order valence-electron chi connectivity index (χ4n) is 1.31. The predicted molar refractivity (Wildman–Crippen MR) is 61.6 cm³/mol. The van der Waals surface area contributed by atoms with Gasteiger partial charge in [0.2, 0.25) is 0 Å². The van der Waals surface area contributed by atoms with Gasteiger partial charge in [-0.3, -0.25) is 10.6 Å². The van der Waals surface area contributed by atoms with E-state index in [4.69, 9.17) is 5.84 Å². The fourth-order valence-corrected chi connectivity index (χ4v) is 1.31. The average molecular weight is 207 g/mol. The number of aryl methyl sites for hydroxylation is 1. The van der Waals surface area contributed by atoms with Gasteiger partial charge in [0.05, 0.1) is 5.69 Å². The van der Waals surface area contributed by atoms with Gasteiger partial charge in [0.15, 0.2) is 0 Å². The summed E-state index contributed by atoms with van der Waals surface area (Å²) < 4.78 is 0. The van der Waals surface area contributed by atoms with Crippen molar-refractivity contribution in [3.63, 3.8) is 0 Å². The minimum Gasteiger partial charge on any atom is -0.350 e. The molecule has 1 aromatic rings. The molecule has 0 saturated carbocycles. The molecule has 0 heterocycles. The molecule has 0 bridgehead atoms. The third kappa shape index (κ3) is 2.95. The highest BCUT2D eigenvalue weighted by Gasteiger charge is 2.07. The lowest BCUT2D eigenvalue weighted by molar-refractivity contribution is 0.0943. The maximum atomic E-state index is 11.6. The molecule has 0 saturated heterocycles. The number of nitrogen functional groups attached to an aromatic ring is 1. The van der Waals surface area contributed by atoms with Crippen molar-refractivity contribution in [1.29, 1.82) is 0 Å². The molecule has 0 unspecified atom stereocenters. The van der Waals surface area contributed by atoms with Gasteiger partial charge in [0.25, 0.3) is 5.91 Å². The first kappa shape index (κ1) is 11.5. The summed E-state index contributed by atoms with van der Waals surface area (Å²) in [5.74, 6) is 5.25. The number of hydrazine groups is 1. The van der Waals surface area contributed by atoms with Crippen LogP contribution in [0.5, 0.6) is 0 Å². The number of hydrogen-bond donors (Lipinski definition) is 3. The topological polar surface area (TPSA) is 67.2 Å². The summed E-state index contributed by atoms with van der Waals surface area (Å²) in [5.41, 5.74) is 5.01. The monoisotopic (exact) mass is 207 g/mol. The van der Waals surface area contributed by atoms with Crippen molar-refractivity contribution in [3.8, 4) is 0 Å². The molecule has 0 spiro atoms. The van der Waals surface area contributed by atoms with Crippen LogP contribution in [0.2, 0.25) is 0 Å².